The van der Waals surface area contributed by atoms with Crippen LogP contribution in [0.4, 0.5) is 0 Å². The summed E-state index contributed by atoms with van der Waals surface area (Å²) in [6, 6.07) is 20.5. The molecule has 0 saturated carbocycles. The molecule has 28 heavy (non-hydrogen) atoms. The molecule has 0 bridgehead atoms. The van der Waals surface area contributed by atoms with Gasteiger partial charge < -0.3 is 4.90 Å². The van der Waals surface area contributed by atoms with E-state index in [0.29, 0.717) is 24.0 Å². The van der Waals surface area contributed by atoms with E-state index in [9.17, 15) is 0 Å². The van der Waals surface area contributed by atoms with Gasteiger partial charge in [-0.1, -0.05) is 48.5 Å². The molecule has 3 unspecified atom stereocenters. The van der Waals surface area contributed by atoms with Crippen LogP contribution >= 0.6 is 0 Å². The molecule has 0 N–H and O–H groups in total. The third-order valence-corrected chi connectivity index (χ3v) is 7.44. The molecule has 2 aliphatic heterocycles. The topological polar surface area (TPSA) is 6.48 Å². The highest BCUT2D eigenvalue weighted by Crippen LogP contribution is 2.35. The average Bonchev–Trinajstić information content (AvgIpc) is 3.26. The van der Waals surface area contributed by atoms with Crippen molar-refractivity contribution in [1.29, 1.82) is 0 Å². The Morgan fingerprint density at radius 2 is 1.29 bits per heavy atom. The fourth-order valence-corrected chi connectivity index (χ4v) is 5.20. The summed E-state index contributed by atoms with van der Waals surface area (Å²) in [5.41, 5.74) is 5.61. The Bertz CT molecular complexity index is 746. The summed E-state index contributed by atoms with van der Waals surface area (Å²) in [7, 11) is 2.27. The Kier molecular flexibility index (Phi) is 5.89. The fourth-order valence-electron chi connectivity index (χ4n) is 5.20. The molecule has 2 saturated heterocycles. The summed E-state index contributed by atoms with van der Waals surface area (Å²) in [5.74, 6) is 0.693. The van der Waals surface area contributed by atoms with Gasteiger partial charge in [-0.3, -0.25) is 4.90 Å². The van der Waals surface area contributed by atoms with Crippen LogP contribution in [0.3, 0.4) is 0 Å². The second-order valence-electron chi connectivity index (χ2n) is 9.19. The smallest absolute Gasteiger partial charge is 0.0319 e. The third kappa shape index (κ3) is 4.04. The largest absolute Gasteiger partial charge is 0.301 e. The van der Waals surface area contributed by atoms with Crippen LogP contribution in [0, 0.1) is 0 Å². The lowest BCUT2D eigenvalue weighted by atomic mass is 9.82. The molecule has 2 heteroatoms. The lowest BCUT2D eigenvalue weighted by molar-refractivity contribution is 0.123. The van der Waals surface area contributed by atoms with Gasteiger partial charge in [0.1, 0.15) is 0 Å². The van der Waals surface area contributed by atoms with Crippen LogP contribution in [0.1, 0.15) is 69.5 Å². The Hall–Kier alpha value is -1.64. The first-order valence-electron chi connectivity index (χ1n) is 11.2. The molecule has 150 valence electrons. The van der Waals surface area contributed by atoms with Crippen molar-refractivity contribution in [1.82, 2.24) is 9.80 Å². The minimum Gasteiger partial charge on any atom is -0.301 e. The van der Waals surface area contributed by atoms with Crippen molar-refractivity contribution in [2.24, 2.45) is 0 Å². The van der Waals surface area contributed by atoms with Gasteiger partial charge in [-0.25, -0.2) is 0 Å². The first-order valence-corrected chi connectivity index (χ1v) is 11.2. The van der Waals surface area contributed by atoms with Crippen molar-refractivity contribution in [2.45, 2.75) is 70.5 Å². The Labute approximate surface area is 171 Å². The Morgan fingerprint density at radius 3 is 1.82 bits per heavy atom. The molecular weight excluding hydrogens is 340 g/mol. The van der Waals surface area contributed by atoms with Crippen LogP contribution in [0.5, 0.6) is 0 Å². The second kappa shape index (κ2) is 8.39. The van der Waals surface area contributed by atoms with E-state index in [0.717, 1.165) is 0 Å². The molecule has 2 heterocycles. The number of likely N-dealkylation sites (tertiary alicyclic amines) is 2. The van der Waals surface area contributed by atoms with Crippen molar-refractivity contribution in [3.63, 3.8) is 0 Å². The van der Waals surface area contributed by atoms with Crippen LogP contribution in [0.2, 0.25) is 0 Å². The summed E-state index contributed by atoms with van der Waals surface area (Å²) < 4.78 is 0. The van der Waals surface area contributed by atoms with Crippen LogP contribution in [-0.2, 0) is 0 Å². The highest BCUT2D eigenvalue weighted by atomic mass is 15.2. The second-order valence-corrected chi connectivity index (χ2v) is 9.19. The number of nitrogens with zero attached hydrogens (tertiary/aromatic N) is 2. The van der Waals surface area contributed by atoms with Gasteiger partial charge in [-0.15, -0.1) is 0 Å². The summed E-state index contributed by atoms with van der Waals surface area (Å²) >= 11 is 0. The summed E-state index contributed by atoms with van der Waals surface area (Å²) in [6.07, 6.45) is 5.24. The molecule has 3 atom stereocenters. The summed E-state index contributed by atoms with van der Waals surface area (Å²) in [6.45, 7) is 9.57. The van der Waals surface area contributed by atoms with Crippen LogP contribution in [0.25, 0.3) is 11.1 Å². The molecule has 0 radical (unpaired) electrons. The standard InChI is InChI=1S/C26H36N2/c1-19-17-26(18-20(2)27(19)4)25-13-11-24(12-14-25)23-9-7-22(8-10-23)21(3)28-15-5-6-16-28/h7-14,19-21,26H,5-6,15-18H2,1-4H3. The third-order valence-electron chi connectivity index (χ3n) is 7.44. The van der Waals surface area contributed by atoms with Gasteiger partial charge in [-0.2, -0.15) is 0 Å². The molecule has 0 aromatic heterocycles. The minimum absolute atomic E-state index is 0.535. The predicted octanol–water partition coefficient (Wildman–Crippen LogP) is 6.10. The first kappa shape index (κ1) is 19.7. The van der Waals surface area contributed by atoms with E-state index < -0.39 is 0 Å². The Balaban J connectivity index is 1.45. The number of piperidine rings is 1. The zero-order valence-corrected chi connectivity index (χ0v) is 18.1. The molecule has 0 aliphatic carbocycles. The van der Waals surface area contributed by atoms with Gasteiger partial charge in [0.25, 0.3) is 0 Å². The molecular formula is C26H36N2. The highest BCUT2D eigenvalue weighted by Gasteiger charge is 2.29. The van der Waals surface area contributed by atoms with Crippen molar-refractivity contribution in [3.8, 4) is 11.1 Å². The molecule has 2 aromatic rings. The molecule has 0 spiro atoms. The predicted molar refractivity (Wildman–Crippen MR) is 120 cm³/mol. The zero-order valence-electron chi connectivity index (χ0n) is 18.1. The maximum atomic E-state index is 2.60. The number of rotatable bonds is 4. The van der Waals surface area contributed by atoms with Crippen LogP contribution in [-0.4, -0.2) is 42.0 Å². The van der Waals surface area contributed by atoms with Gasteiger partial charge in [0.05, 0.1) is 0 Å². The van der Waals surface area contributed by atoms with E-state index >= 15 is 0 Å². The summed E-state index contributed by atoms with van der Waals surface area (Å²) in [5, 5.41) is 0. The molecule has 2 nitrogen and oxygen atoms in total. The molecule has 4 rings (SSSR count). The highest BCUT2D eigenvalue weighted by molar-refractivity contribution is 5.64. The van der Waals surface area contributed by atoms with Crippen molar-refractivity contribution in [3.05, 3.63) is 59.7 Å². The average molecular weight is 377 g/mol. The van der Waals surface area contributed by atoms with Gasteiger partial charge in [0, 0.05) is 18.1 Å². The molecule has 2 aliphatic rings. The monoisotopic (exact) mass is 376 g/mol. The number of benzene rings is 2. The molecule has 0 amide bonds. The lowest BCUT2D eigenvalue weighted by Crippen LogP contribution is -2.43. The number of hydrogen-bond acceptors (Lipinski definition) is 2. The SMILES string of the molecule is CC(c1ccc(-c2ccc(C3CC(C)N(C)C(C)C3)cc2)cc1)N1CCCC1. The van der Waals surface area contributed by atoms with Crippen LogP contribution in [0.15, 0.2) is 48.5 Å². The Morgan fingerprint density at radius 1 is 0.786 bits per heavy atom. The molecule has 2 aromatic carbocycles. The van der Waals surface area contributed by atoms with E-state index in [1.165, 1.54) is 61.0 Å². The number of hydrogen-bond donors (Lipinski definition) is 0. The lowest BCUT2D eigenvalue weighted by Gasteiger charge is -2.40. The van der Waals surface area contributed by atoms with Gasteiger partial charge in [0.15, 0.2) is 0 Å². The quantitative estimate of drug-likeness (QED) is 0.636. The van der Waals surface area contributed by atoms with Crippen molar-refractivity contribution < 1.29 is 0 Å². The van der Waals surface area contributed by atoms with Gasteiger partial charge in [-0.05, 0) is 94.8 Å². The maximum Gasteiger partial charge on any atom is 0.0319 e. The van der Waals surface area contributed by atoms with Gasteiger partial charge >= 0.3 is 0 Å². The fraction of sp³-hybridized carbons (Fsp3) is 0.538. The van der Waals surface area contributed by atoms with E-state index in [2.05, 4.69) is 86.1 Å². The van der Waals surface area contributed by atoms with E-state index in [1.54, 1.807) is 0 Å². The zero-order chi connectivity index (χ0) is 19.7. The minimum atomic E-state index is 0.535. The maximum absolute atomic E-state index is 2.60. The van der Waals surface area contributed by atoms with Gasteiger partial charge in [0.2, 0.25) is 0 Å². The van der Waals surface area contributed by atoms with E-state index in [1.807, 2.05) is 0 Å². The first-order chi connectivity index (χ1) is 13.5. The van der Waals surface area contributed by atoms with Crippen molar-refractivity contribution >= 4 is 0 Å². The van der Waals surface area contributed by atoms with Crippen molar-refractivity contribution in [2.75, 3.05) is 20.1 Å². The van der Waals surface area contributed by atoms with E-state index in [-0.39, 0.29) is 0 Å². The van der Waals surface area contributed by atoms with Crippen LogP contribution < -0.4 is 0 Å². The normalized spacial score (nSPS) is 27.8. The van der Waals surface area contributed by atoms with E-state index in [4.69, 9.17) is 0 Å². The molecule has 2 fully saturated rings. The summed E-state index contributed by atoms with van der Waals surface area (Å²) in [4.78, 5) is 5.13.